The van der Waals surface area contributed by atoms with Crippen molar-refractivity contribution in [1.82, 2.24) is 19.9 Å². The standard InChI is InChI=1S/C13H18N4/c1-3-14-8-12-9-15-10-17(12)11(2)13-6-4-5-7-16-13/h4-7,9-11,14H,3,8H2,1-2H3. The summed E-state index contributed by atoms with van der Waals surface area (Å²) in [6.07, 6.45) is 5.60. The number of imidazole rings is 1. The van der Waals surface area contributed by atoms with Crippen LogP contribution < -0.4 is 5.32 Å². The topological polar surface area (TPSA) is 42.7 Å². The van der Waals surface area contributed by atoms with E-state index in [1.165, 1.54) is 5.69 Å². The highest BCUT2D eigenvalue weighted by atomic mass is 15.1. The van der Waals surface area contributed by atoms with Crippen LogP contribution in [0.1, 0.15) is 31.3 Å². The molecule has 1 atom stereocenters. The molecule has 0 fully saturated rings. The van der Waals surface area contributed by atoms with E-state index in [0.717, 1.165) is 18.8 Å². The van der Waals surface area contributed by atoms with Gasteiger partial charge >= 0.3 is 0 Å². The highest BCUT2D eigenvalue weighted by Crippen LogP contribution is 2.17. The lowest BCUT2D eigenvalue weighted by molar-refractivity contribution is 0.571. The Kier molecular flexibility index (Phi) is 3.88. The van der Waals surface area contributed by atoms with Gasteiger partial charge in [0.25, 0.3) is 0 Å². The van der Waals surface area contributed by atoms with E-state index in [9.17, 15) is 0 Å². The second kappa shape index (κ2) is 5.59. The Morgan fingerprint density at radius 2 is 2.29 bits per heavy atom. The fourth-order valence-corrected chi connectivity index (χ4v) is 1.84. The summed E-state index contributed by atoms with van der Waals surface area (Å²) in [7, 11) is 0. The minimum atomic E-state index is 0.215. The van der Waals surface area contributed by atoms with Crippen molar-refractivity contribution >= 4 is 0 Å². The SMILES string of the molecule is CCNCc1cncn1C(C)c1ccccn1. The van der Waals surface area contributed by atoms with Crippen molar-refractivity contribution in [3.05, 3.63) is 48.3 Å². The van der Waals surface area contributed by atoms with Crippen molar-refractivity contribution in [2.24, 2.45) is 0 Å². The van der Waals surface area contributed by atoms with E-state index in [1.54, 1.807) is 0 Å². The molecule has 0 aliphatic heterocycles. The average molecular weight is 230 g/mol. The largest absolute Gasteiger partial charge is 0.325 e. The van der Waals surface area contributed by atoms with Crippen LogP contribution in [0.4, 0.5) is 0 Å². The van der Waals surface area contributed by atoms with E-state index in [2.05, 4.69) is 33.7 Å². The Morgan fingerprint density at radius 1 is 1.41 bits per heavy atom. The predicted molar refractivity (Wildman–Crippen MR) is 67.7 cm³/mol. The van der Waals surface area contributed by atoms with E-state index < -0.39 is 0 Å². The average Bonchev–Trinajstić information content (AvgIpc) is 2.84. The molecule has 1 unspecified atom stereocenters. The highest BCUT2D eigenvalue weighted by molar-refractivity contribution is 5.12. The molecule has 90 valence electrons. The third-order valence-electron chi connectivity index (χ3n) is 2.84. The lowest BCUT2D eigenvalue weighted by Gasteiger charge is -2.16. The van der Waals surface area contributed by atoms with Crippen LogP contribution in [0.15, 0.2) is 36.9 Å². The molecular weight excluding hydrogens is 212 g/mol. The number of hydrogen-bond acceptors (Lipinski definition) is 3. The summed E-state index contributed by atoms with van der Waals surface area (Å²) in [4.78, 5) is 8.60. The maximum absolute atomic E-state index is 4.39. The van der Waals surface area contributed by atoms with Crippen LogP contribution in [0.2, 0.25) is 0 Å². The summed E-state index contributed by atoms with van der Waals surface area (Å²) in [5.74, 6) is 0. The van der Waals surface area contributed by atoms with Gasteiger partial charge in [-0.05, 0) is 25.6 Å². The zero-order valence-corrected chi connectivity index (χ0v) is 10.3. The van der Waals surface area contributed by atoms with Crippen LogP contribution in [0.5, 0.6) is 0 Å². The number of aromatic nitrogens is 3. The molecular formula is C13H18N4. The first-order chi connectivity index (χ1) is 8.33. The number of pyridine rings is 1. The number of rotatable bonds is 5. The summed E-state index contributed by atoms with van der Waals surface area (Å²) in [5.41, 5.74) is 2.24. The summed E-state index contributed by atoms with van der Waals surface area (Å²) >= 11 is 0. The van der Waals surface area contributed by atoms with Gasteiger partial charge in [0.1, 0.15) is 0 Å². The Morgan fingerprint density at radius 3 is 3.00 bits per heavy atom. The highest BCUT2D eigenvalue weighted by Gasteiger charge is 2.11. The first kappa shape index (κ1) is 11.8. The van der Waals surface area contributed by atoms with E-state index in [4.69, 9.17) is 0 Å². The van der Waals surface area contributed by atoms with Crippen LogP contribution in [0.25, 0.3) is 0 Å². The first-order valence-corrected chi connectivity index (χ1v) is 5.95. The Balaban J connectivity index is 2.19. The van der Waals surface area contributed by atoms with Crippen LogP contribution in [-0.4, -0.2) is 21.1 Å². The number of nitrogens with one attached hydrogen (secondary N) is 1. The normalized spacial score (nSPS) is 12.6. The fraction of sp³-hybridized carbons (Fsp3) is 0.385. The molecule has 1 N–H and O–H groups in total. The molecule has 2 rings (SSSR count). The molecule has 0 saturated carbocycles. The van der Waals surface area contributed by atoms with Gasteiger partial charge in [-0.3, -0.25) is 4.98 Å². The van der Waals surface area contributed by atoms with E-state index in [-0.39, 0.29) is 6.04 Å². The van der Waals surface area contributed by atoms with Crippen LogP contribution in [-0.2, 0) is 6.54 Å². The van der Waals surface area contributed by atoms with Crippen molar-refractivity contribution < 1.29 is 0 Å². The van der Waals surface area contributed by atoms with Crippen LogP contribution in [0.3, 0.4) is 0 Å². The van der Waals surface area contributed by atoms with Crippen molar-refractivity contribution in [3.63, 3.8) is 0 Å². The fourth-order valence-electron chi connectivity index (χ4n) is 1.84. The minimum Gasteiger partial charge on any atom is -0.325 e. The summed E-state index contributed by atoms with van der Waals surface area (Å²) < 4.78 is 2.16. The molecule has 4 heteroatoms. The van der Waals surface area contributed by atoms with Crippen LogP contribution >= 0.6 is 0 Å². The molecule has 0 amide bonds. The van der Waals surface area contributed by atoms with Gasteiger partial charge in [-0.25, -0.2) is 4.98 Å². The minimum absolute atomic E-state index is 0.215. The van der Waals surface area contributed by atoms with Gasteiger partial charge < -0.3 is 9.88 Å². The monoisotopic (exact) mass is 230 g/mol. The summed E-state index contributed by atoms with van der Waals surface area (Å²) in [5, 5.41) is 3.32. The van der Waals surface area contributed by atoms with Gasteiger partial charge in [0, 0.05) is 18.9 Å². The van der Waals surface area contributed by atoms with Crippen molar-refractivity contribution in [2.75, 3.05) is 6.54 Å². The smallest absolute Gasteiger partial charge is 0.0954 e. The Bertz CT molecular complexity index is 449. The lowest BCUT2D eigenvalue weighted by atomic mass is 10.2. The van der Waals surface area contributed by atoms with E-state index >= 15 is 0 Å². The third kappa shape index (κ3) is 2.71. The molecule has 0 aliphatic carbocycles. The number of hydrogen-bond donors (Lipinski definition) is 1. The summed E-state index contributed by atoms with van der Waals surface area (Å²) in [6, 6.07) is 6.21. The maximum Gasteiger partial charge on any atom is 0.0954 e. The zero-order chi connectivity index (χ0) is 12.1. The van der Waals surface area contributed by atoms with E-state index in [1.807, 2.05) is 36.9 Å². The molecule has 0 bridgehead atoms. The van der Waals surface area contributed by atoms with Gasteiger partial charge in [0.05, 0.1) is 23.8 Å². The first-order valence-electron chi connectivity index (χ1n) is 5.95. The Hall–Kier alpha value is -1.68. The van der Waals surface area contributed by atoms with Crippen LogP contribution in [0, 0.1) is 0 Å². The predicted octanol–water partition coefficient (Wildman–Crippen LogP) is 2.00. The van der Waals surface area contributed by atoms with Gasteiger partial charge in [-0.2, -0.15) is 0 Å². The number of nitrogens with zero attached hydrogens (tertiary/aromatic N) is 3. The van der Waals surface area contributed by atoms with Gasteiger partial charge in [-0.1, -0.05) is 13.0 Å². The molecule has 2 aromatic rings. The molecule has 2 heterocycles. The molecule has 17 heavy (non-hydrogen) atoms. The molecule has 0 radical (unpaired) electrons. The quantitative estimate of drug-likeness (QED) is 0.854. The molecule has 2 aromatic heterocycles. The molecule has 4 nitrogen and oxygen atoms in total. The second-order valence-corrected chi connectivity index (χ2v) is 4.00. The Labute approximate surface area is 102 Å². The molecule has 0 aromatic carbocycles. The van der Waals surface area contributed by atoms with Crippen molar-refractivity contribution in [3.8, 4) is 0 Å². The second-order valence-electron chi connectivity index (χ2n) is 4.00. The molecule has 0 aliphatic rings. The van der Waals surface area contributed by atoms with Gasteiger partial charge in [0.2, 0.25) is 0 Å². The summed E-state index contributed by atoms with van der Waals surface area (Å²) in [6.45, 7) is 6.04. The van der Waals surface area contributed by atoms with E-state index in [0.29, 0.717) is 0 Å². The maximum atomic E-state index is 4.39. The van der Waals surface area contributed by atoms with Gasteiger partial charge in [0.15, 0.2) is 0 Å². The lowest BCUT2D eigenvalue weighted by Crippen LogP contribution is -2.17. The van der Waals surface area contributed by atoms with Crippen molar-refractivity contribution in [1.29, 1.82) is 0 Å². The van der Waals surface area contributed by atoms with Gasteiger partial charge in [-0.15, -0.1) is 0 Å². The molecule has 0 saturated heterocycles. The van der Waals surface area contributed by atoms with Crippen molar-refractivity contribution in [2.45, 2.75) is 26.4 Å². The zero-order valence-electron chi connectivity index (χ0n) is 10.3. The third-order valence-corrected chi connectivity index (χ3v) is 2.84. The molecule has 0 spiro atoms.